The highest BCUT2D eigenvalue weighted by molar-refractivity contribution is 5.19. The molecule has 0 aromatic heterocycles. The van der Waals surface area contributed by atoms with Crippen LogP contribution >= 0.6 is 0 Å². The number of ether oxygens (including phenoxy) is 1. The topological polar surface area (TPSA) is 29.5 Å². The Kier molecular flexibility index (Phi) is 5.68. The van der Waals surface area contributed by atoms with Crippen molar-refractivity contribution in [2.45, 2.75) is 25.1 Å². The lowest BCUT2D eigenvalue weighted by Gasteiger charge is -2.12. The zero-order chi connectivity index (χ0) is 14.5. The first-order valence-corrected chi connectivity index (χ1v) is 5.54. The highest BCUT2D eigenvalue weighted by Gasteiger charge is 2.27. The van der Waals surface area contributed by atoms with Gasteiger partial charge in [0.1, 0.15) is 18.2 Å². The summed E-state index contributed by atoms with van der Waals surface area (Å²) in [6, 6.07) is 2.81. The molecule has 7 heteroatoms. The van der Waals surface area contributed by atoms with Crippen LogP contribution in [0.2, 0.25) is 0 Å². The van der Waals surface area contributed by atoms with Crippen LogP contribution in [0.4, 0.5) is 22.0 Å². The number of hydrogen-bond acceptors (Lipinski definition) is 2. The molecule has 0 saturated heterocycles. The van der Waals surface area contributed by atoms with Crippen molar-refractivity contribution in [1.29, 1.82) is 0 Å². The van der Waals surface area contributed by atoms with Gasteiger partial charge in [0, 0.05) is 13.0 Å². The van der Waals surface area contributed by atoms with Crippen molar-refractivity contribution in [2.75, 3.05) is 13.2 Å². The standard InChI is InChI=1S/C12H13F5O2/c13-9-1-2-11(14)8(5-9)6-10(18)3-4-19-7-12(15,16)17/h1-2,5,10,18H,3-4,6-7H2. The normalized spacial score (nSPS) is 13.6. The Bertz CT molecular complexity index is 406. The van der Waals surface area contributed by atoms with Gasteiger partial charge in [-0.2, -0.15) is 13.2 Å². The van der Waals surface area contributed by atoms with Gasteiger partial charge in [-0.1, -0.05) is 0 Å². The highest BCUT2D eigenvalue weighted by atomic mass is 19.4. The maximum atomic E-state index is 13.2. The van der Waals surface area contributed by atoms with Gasteiger partial charge in [0.05, 0.1) is 6.10 Å². The summed E-state index contributed by atoms with van der Waals surface area (Å²) in [5, 5.41) is 9.50. The first kappa shape index (κ1) is 15.8. The molecule has 0 heterocycles. The molecule has 0 radical (unpaired) electrons. The average molecular weight is 284 g/mol. The number of hydrogen-bond donors (Lipinski definition) is 1. The van der Waals surface area contributed by atoms with E-state index in [9.17, 15) is 27.1 Å². The minimum atomic E-state index is -4.42. The molecule has 1 aromatic carbocycles. The van der Waals surface area contributed by atoms with Gasteiger partial charge in [-0.05, 0) is 30.2 Å². The number of alkyl halides is 3. The van der Waals surface area contributed by atoms with E-state index in [1.54, 1.807) is 0 Å². The van der Waals surface area contributed by atoms with E-state index in [-0.39, 0.29) is 25.0 Å². The molecule has 0 aliphatic heterocycles. The lowest BCUT2D eigenvalue weighted by Crippen LogP contribution is -2.20. The maximum Gasteiger partial charge on any atom is 0.411 e. The van der Waals surface area contributed by atoms with Crippen molar-refractivity contribution in [3.05, 3.63) is 35.4 Å². The van der Waals surface area contributed by atoms with Crippen LogP contribution in [0.15, 0.2) is 18.2 Å². The van der Waals surface area contributed by atoms with Gasteiger partial charge in [-0.25, -0.2) is 8.78 Å². The van der Waals surface area contributed by atoms with Crippen LogP contribution in [0.5, 0.6) is 0 Å². The summed E-state index contributed by atoms with van der Waals surface area (Å²) < 4.78 is 65.6. The Balaban J connectivity index is 2.35. The molecule has 0 saturated carbocycles. The van der Waals surface area contributed by atoms with Crippen LogP contribution < -0.4 is 0 Å². The first-order valence-electron chi connectivity index (χ1n) is 5.54. The lowest BCUT2D eigenvalue weighted by molar-refractivity contribution is -0.175. The zero-order valence-corrected chi connectivity index (χ0v) is 9.88. The Morgan fingerprint density at radius 1 is 1.21 bits per heavy atom. The molecule has 1 unspecified atom stereocenters. The predicted octanol–water partition coefficient (Wildman–Crippen LogP) is 2.84. The molecule has 0 spiro atoms. The molecule has 1 aromatic rings. The molecule has 108 valence electrons. The summed E-state index contributed by atoms with van der Waals surface area (Å²) in [6.07, 6.45) is -5.78. The monoisotopic (exact) mass is 284 g/mol. The molecular weight excluding hydrogens is 271 g/mol. The molecule has 0 fully saturated rings. The number of aliphatic hydroxyl groups excluding tert-OH is 1. The summed E-state index contributed by atoms with van der Waals surface area (Å²) in [6.45, 7) is -1.70. The number of rotatable bonds is 6. The SMILES string of the molecule is OC(CCOCC(F)(F)F)Cc1cc(F)ccc1F. The van der Waals surface area contributed by atoms with Crippen molar-refractivity contribution >= 4 is 0 Å². The number of aliphatic hydroxyl groups is 1. The average Bonchev–Trinajstić information content (AvgIpc) is 2.28. The second-order valence-corrected chi connectivity index (χ2v) is 4.05. The van der Waals surface area contributed by atoms with Crippen LogP contribution in [0.25, 0.3) is 0 Å². The fourth-order valence-electron chi connectivity index (χ4n) is 1.46. The fraction of sp³-hybridized carbons (Fsp3) is 0.500. The fourth-order valence-corrected chi connectivity index (χ4v) is 1.46. The van der Waals surface area contributed by atoms with Crippen molar-refractivity contribution in [3.63, 3.8) is 0 Å². The van der Waals surface area contributed by atoms with E-state index in [0.29, 0.717) is 0 Å². The van der Waals surface area contributed by atoms with Crippen LogP contribution in [0, 0.1) is 11.6 Å². The number of halogens is 5. The van der Waals surface area contributed by atoms with Gasteiger partial charge >= 0.3 is 6.18 Å². The van der Waals surface area contributed by atoms with Crippen LogP contribution in [0.3, 0.4) is 0 Å². The molecule has 1 rings (SSSR count). The number of benzene rings is 1. The summed E-state index contributed by atoms with van der Waals surface area (Å²) in [5.41, 5.74) is -0.0247. The summed E-state index contributed by atoms with van der Waals surface area (Å²) in [5.74, 6) is -1.31. The Labute approximate surface area is 106 Å². The van der Waals surface area contributed by atoms with E-state index in [2.05, 4.69) is 4.74 Å². The summed E-state index contributed by atoms with van der Waals surface area (Å²) in [4.78, 5) is 0. The van der Waals surface area contributed by atoms with Crippen molar-refractivity contribution in [3.8, 4) is 0 Å². The first-order chi connectivity index (χ1) is 8.78. The second-order valence-electron chi connectivity index (χ2n) is 4.05. The van der Waals surface area contributed by atoms with E-state index < -0.39 is 30.5 Å². The van der Waals surface area contributed by atoms with Gasteiger partial charge in [0.15, 0.2) is 0 Å². The molecule has 0 aliphatic rings. The Hall–Kier alpha value is -1.21. The molecule has 1 atom stereocenters. The Morgan fingerprint density at radius 2 is 1.89 bits per heavy atom. The van der Waals surface area contributed by atoms with Crippen LogP contribution in [-0.4, -0.2) is 30.6 Å². The van der Waals surface area contributed by atoms with Gasteiger partial charge < -0.3 is 9.84 Å². The van der Waals surface area contributed by atoms with Gasteiger partial charge in [-0.15, -0.1) is 0 Å². The largest absolute Gasteiger partial charge is 0.411 e. The van der Waals surface area contributed by atoms with Crippen molar-refractivity contribution < 1.29 is 31.8 Å². The van der Waals surface area contributed by atoms with E-state index in [0.717, 1.165) is 18.2 Å². The van der Waals surface area contributed by atoms with Gasteiger partial charge in [0.2, 0.25) is 0 Å². The molecule has 19 heavy (non-hydrogen) atoms. The lowest BCUT2D eigenvalue weighted by atomic mass is 10.1. The van der Waals surface area contributed by atoms with Crippen molar-refractivity contribution in [1.82, 2.24) is 0 Å². The Morgan fingerprint density at radius 3 is 2.53 bits per heavy atom. The second kappa shape index (κ2) is 6.81. The smallest absolute Gasteiger partial charge is 0.393 e. The van der Waals surface area contributed by atoms with Crippen LogP contribution in [0.1, 0.15) is 12.0 Å². The van der Waals surface area contributed by atoms with E-state index >= 15 is 0 Å². The summed E-state index contributed by atoms with van der Waals surface area (Å²) in [7, 11) is 0. The van der Waals surface area contributed by atoms with Gasteiger partial charge in [0.25, 0.3) is 0 Å². The van der Waals surface area contributed by atoms with Crippen LogP contribution in [-0.2, 0) is 11.2 Å². The summed E-state index contributed by atoms with van der Waals surface area (Å²) >= 11 is 0. The third-order valence-corrected chi connectivity index (χ3v) is 2.32. The molecular formula is C12H13F5O2. The highest BCUT2D eigenvalue weighted by Crippen LogP contribution is 2.16. The van der Waals surface area contributed by atoms with E-state index in [1.165, 1.54) is 0 Å². The molecule has 0 amide bonds. The zero-order valence-electron chi connectivity index (χ0n) is 9.88. The molecule has 2 nitrogen and oxygen atoms in total. The maximum absolute atomic E-state index is 13.2. The molecule has 0 aliphatic carbocycles. The molecule has 0 bridgehead atoms. The third kappa shape index (κ3) is 6.49. The van der Waals surface area contributed by atoms with Crippen molar-refractivity contribution in [2.24, 2.45) is 0 Å². The minimum absolute atomic E-state index is 0.0247. The van der Waals surface area contributed by atoms with E-state index in [1.807, 2.05) is 0 Å². The third-order valence-electron chi connectivity index (χ3n) is 2.32. The molecule has 1 N–H and O–H groups in total. The minimum Gasteiger partial charge on any atom is -0.393 e. The van der Waals surface area contributed by atoms with Gasteiger partial charge in [-0.3, -0.25) is 0 Å². The van der Waals surface area contributed by atoms with E-state index in [4.69, 9.17) is 0 Å². The quantitative estimate of drug-likeness (QED) is 0.643. The predicted molar refractivity (Wildman–Crippen MR) is 57.6 cm³/mol.